The Bertz CT molecular complexity index is 944. The van der Waals surface area contributed by atoms with Gasteiger partial charge in [0.1, 0.15) is 6.34 Å². The highest BCUT2D eigenvalue weighted by molar-refractivity contribution is 6.40. The van der Waals surface area contributed by atoms with Crippen molar-refractivity contribution in [3.05, 3.63) is 70.2 Å². The SMILES string of the molecule is N.NC1(c2cc(Cl)c(-c3cccc4ccccc34)c(Cl)c2)N=CNN1. The summed E-state index contributed by atoms with van der Waals surface area (Å²) < 4.78 is 0. The van der Waals surface area contributed by atoms with Crippen LogP contribution in [0.4, 0.5) is 0 Å². The van der Waals surface area contributed by atoms with Gasteiger partial charge in [0.25, 0.3) is 0 Å². The zero-order valence-electron chi connectivity index (χ0n) is 13.3. The Morgan fingerprint density at radius 2 is 1.64 bits per heavy atom. The van der Waals surface area contributed by atoms with E-state index in [1.54, 1.807) is 12.1 Å². The maximum atomic E-state index is 6.57. The van der Waals surface area contributed by atoms with Gasteiger partial charge in [-0.2, -0.15) is 5.43 Å². The largest absolute Gasteiger partial charge is 0.344 e. The number of rotatable bonds is 2. The highest BCUT2D eigenvalue weighted by atomic mass is 35.5. The molecule has 3 aromatic rings. The molecule has 1 heterocycles. The first-order valence-electron chi connectivity index (χ1n) is 7.41. The summed E-state index contributed by atoms with van der Waals surface area (Å²) in [5.41, 5.74) is 14.3. The highest BCUT2D eigenvalue weighted by Gasteiger charge is 2.30. The predicted molar refractivity (Wildman–Crippen MR) is 105 cm³/mol. The Morgan fingerprint density at radius 3 is 2.32 bits per heavy atom. The van der Waals surface area contributed by atoms with E-state index in [0.717, 1.165) is 21.9 Å². The van der Waals surface area contributed by atoms with Gasteiger partial charge in [0.2, 0.25) is 5.79 Å². The molecule has 0 aromatic heterocycles. The van der Waals surface area contributed by atoms with Crippen LogP contribution in [0, 0.1) is 0 Å². The lowest BCUT2D eigenvalue weighted by atomic mass is 9.96. The van der Waals surface area contributed by atoms with E-state index < -0.39 is 5.79 Å². The molecular formula is C18H17Cl2N5. The van der Waals surface area contributed by atoms with Crippen LogP contribution in [-0.4, -0.2) is 6.34 Å². The fourth-order valence-electron chi connectivity index (χ4n) is 2.95. The fourth-order valence-corrected chi connectivity index (χ4v) is 3.64. The van der Waals surface area contributed by atoms with E-state index in [9.17, 15) is 0 Å². The van der Waals surface area contributed by atoms with Gasteiger partial charge in [-0.05, 0) is 28.5 Å². The van der Waals surface area contributed by atoms with Gasteiger partial charge in [0, 0.05) is 11.1 Å². The minimum Gasteiger partial charge on any atom is -0.344 e. The topological polar surface area (TPSA) is 97.4 Å². The van der Waals surface area contributed by atoms with E-state index in [1.165, 1.54) is 6.34 Å². The highest BCUT2D eigenvalue weighted by Crippen LogP contribution is 2.40. The van der Waals surface area contributed by atoms with Gasteiger partial charge in [-0.3, -0.25) is 5.73 Å². The van der Waals surface area contributed by atoms with E-state index in [2.05, 4.69) is 34.0 Å². The second kappa shape index (κ2) is 6.63. The molecule has 0 fully saturated rings. The number of benzene rings is 3. The summed E-state index contributed by atoms with van der Waals surface area (Å²) in [4.78, 5) is 4.19. The van der Waals surface area contributed by atoms with Gasteiger partial charge in [0.05, 0.1) is 10.0 Å². The van der Waals surface area contributed by atoms with Crippen molar-refractivity contribution < 1.29 is 0 Å². The van der Waals surface area contributed by atoms with E-state index in [4.69, 9.17) is 28.9 Å². The molecule has 1 aliphatic heterocycles. The zero-order chi connectivity index (χ0) is 16.7. The summed E-state index contributed by atoms with van der Waals surface area (Å²) in [5, 5.41) is 3.29. The number of hydrogen-bond acceptors (Lipinski definition) is 5. The van der Waals surface area contributed by atoms with Crippen molar-refractivity contribution in [2.24, 2.45) is 10.7 Å². The molecule has 7 N–H and O–H groups in total. The van der Waals surface area contributed by atoms with Gasteiger partial charge < -0.3 is 11.6 Å². The van der Waals surface area contributed by atoms with Crippen molar-refractivity contribution in [1.29, 1.82) is 0 Å². The molecule has 7 heteroatoms. The smallest absolute Gasteiger partial charge is 0.206 e. The first-order chi connectivity index (χ1) is 11.6. The molecule has 1 unspecified atom stereocenters. The van der Waals surface area contributed by atoms with Gasteiger partial charge >= 0.3 is 0 Å². The Hall–Kier alpha value is -2.15. The van der Waals surface area contributed by atoms with E-state index >= 15 is 0 Å². The standard InChI is InChI=1S/C18H14Cl2N4.H3N/c19-15-8-12(18(21)22-10-23-24-18)9-16(20)17(15)14-7-3-5-11-4-1-2-6-13(11)14;/h1-10,24H,21H2,(H,22,23);1H3. The fraction of sp³-hybridized carbons (Fsp3) is 0.0556. The average molecular weight is 374 g/mol. The van der Waals surface area contributed by atoms with Crippen LogP contribution in [-0.2, 0) is 5.79 Å². The van der Waals surface area contributed by atoms with Crippen LogP contribution >= 0.6 is 23.2 Å². The number of hydrazine groups is 1. The van der Waals surface area contributed by atoms with Crippen LogP contribution in [0.15, 0.2) is 59.6 Å². The molecule has 0 saturated heterocycles. The molecule has 0 saturated carbocycles. The third-order valence-corrected chi connectivity index (χ3v) is 4.73. The molecule has 128 valence electrons. The minimum absolute atomic E-state index is 0. The van der Waals surface area contributed by atoms with Gasteiger partial charge in [-0.1, -0.05) is 65.7 Å². The molecule has 4 rings (SSSR count). The number of fused-ring (bicyclic) bond motifs is 1. The predicted octanol–water partition coefficient (Wildman–Crippen LogP) is 4.18. The number of hydrogen-bond donors (Lipinski definition) is 4. The van der Waals surface area contributed by atoms with Crippen LogP contribution < -0.4 is 22.7 Å². The summed E-state index contributed by atoms with van der Waals surface area (Å²) in [7, 11) is 0. The van der Waals surface area contributed by atoms with Crippen LogP contribution in [0.2, 0.25) is 10.0 Å². The third-order valence-electron chi connectivity index (χ3n) is 4.14. The second-order valence-corrected chi connectivity index (χ2v) is 6.45. The van der Waals surface area contributed by atoms with E-state index in [1.807, 2.05) is 24.3 Å². The Labute approximate surface area is 155 Å². The average Bonchev–Trinajstić information content (AvgIpc) is 3.02. The molecule has 0 bridgehead atoms. The number of aliphatic imine (C=N–C) groups is 1. The first-order valence-corrected chi connectivity index (χ1v) is 8.17. The maximum absolute atomic E-state index is 6.57. The van der Waals surface area contributed by atoms with Crippen LogP contribution in [0.5, 0.6) is 0 Å². The van der Waals surface area contributed by atoms with Gasteiger partial charge in [-0.25, -0.2) is 4.99 Å². The summed E-state index contributed by atoms with van der Waals surface area (Å²) in [5.74, 6) is -1.08. The molecule has 0 spiro atoms. The quantitative estimate of drug-likeness (QED) is 0.541. The van der Waals surface area contributed by atoms with Crippen molar-refractivity contribution in [2.75, 3.05) is 0 Å². The molecule has 0 aliphatic carbocycles. The lowest BCUT2D eigenvalue weighted by Crippen LogP contribution is -2.49. The summed E-state index contributed by atoms with van der Waals surface area (Å²) in [6, 6.07) is 17.8. The van der Waals surface area contributed by atoms with Crippen molar-refractivity contribution in [1.82, 2.24) is 17.0 Å². The lowest BCUT2D eigenvalue weighted by molar-refractivity contribution is 0.375. The minimum atomic E-state index is -1.08. The van der Waals surface area contributed by atoms with Crippen LogP contribution in [0.3, 0.4) is 0 Å². The molecule has 0 radical (unpaired) electrons. The molecule has 1 aliphatic rings. The second-order valence-electron chi connectivity index (χ2n) is 5.64. The number of nitrogens with two attached hydrogens (primary N) is 1. The Kier molecular flexibility index (Phi) is 4.69. The maximum Gasteiger partial charge on any atom is 0.206 e. The molecule has 5 nitrogen and oxygen atoms in total. The summed E-state index contributed by atoms with van der Waals surface area (Å²) in [6.45, 7) is 0. The number of nitrogens with zero attached hydrogens (tertiary/aromatic N) is 1. The van der Waals surface area contributed by atoms with E-state index in [0.29, 0.717) is 15.6 Å². The van der Waals surface area contributed by atoms with Crippen LogP contribution in [0.1, 0.15) is 5.56 Å². The van der Waals surface area contributed by atoms with E-state index in [-0.39, 0.29) is 6.15 Å². The molecular weight excluding hydrogens is 357 g/mol. The van der Waals surface area contributed by atoms with Crippen LogP contribution in [0.25, 0.3) is 21.9 Å². The van der Waals surface area contributed by atoms with Crippen molar-refractivity contribution in [3.63, 3.8) is 0 Å². The van der Waals surface area contributed by atoms with Crippen molar-refractivity contribution in [3.8, 4) is 11.1 Å². The first kappa shape index (κ1) is 17.7. The van der Waals surface area contributed by atoms with Gasteiger partial charge in [-0.15, -0.1) is 0 Å². The molecule has 25 heavy (non-hydrogen) atoms. The Morgan fingerprint density at radius 1 is 0.960 bits per heavy atom. The monoisotopic (exact) mass is 373 g/mol. The third kappa shape index (κ3) is 2.97. The van der Waals surface area contributed by atoms with Crippen molar-refractivity contribution in [2.45, 2.75) is 5.79 Å². The summed E-state index contributed by atoms with van der Waals surface area (Å²) >= 11 is 13.1. The number of nitrogens with one attached hydrogen (secondary N) is 2. The number of halogens is 2. The normalized spacial score (nSPS) is 18.8. The van der Waals surface area contributed by atoms with Gasteiger partial charge in [0.15, 0.2) is 0 Å². The molecule has 0 amide bonds. The zero-order valence-corrected chi connectivity index (χ0v) is 14.8. The summed E-state index contributed by atoms with van der Waals surface area (Å²) in [6.07, 6.45) is 1.50. The lowest BCUT2D eigenvalue weighted by Gasteiger charge is -2.22. The Balaban J connectivity index is 0.00000182. The van der Waals surface area contributed by atoms with Crippen molar-refractivity contribution >= 4 is 40.3 Å². The molecule has 3 aromatic carbocycles. The molecule has 1 atom stereocenters.